The number of methoxy groups -OCH3 is 1. The summed E-state index contributed by atoms with van der Waals surface area (Å²) >= 11 is 0. The number of carbonyl (C=O) groups excluding carboxylic acids is 1. The van der Waals surface area contributed by atoms with E-state index in [0.717, 1.165) is 28.6 Å². The van der Waals surface area contributed by atoms with E-state index in [0.29, 0.717) is 24.4 Å². The molecule has 4 rings (SSSR count). The summed E-state index contributed by atoms with van der Waals surface area (Å²) < 4.78 is 21.3. The number of pyridine rings is 1. The Balaban J connectivity index is 1.63. The zero-order valence-electron chi connectivity index (χ0n) is 18.4. The lowest BCUT2D eigenvalue weighted by atomic mass is 10.0. The maximum Gasteiger partial charge on any atom is 0.171 e. The summed E-state index contributed by atoms with van der Waals surface area (Å²) in [5.74, 6) is -0.205. The summed E-state index contributed by atoms with van der Waals surface area (Å²) in [5.41, 5.74) is 4.18. The fraction of sp³-hybridized carbons (Fsp3) is 0.148. The number of ketones is 1. The normalized spacial score (nSPS) is 10.7. The number of rotatable bonds is 9. The predicted octanol–water partition coefficient (Wildman–Crippen LogP) is 5.13. The Labute approximate surface area is 192 Å². The summed E-state index contributed by atoms with van der Waals surface area (Å²) in [6, 6.07) is 19.2. The molecule has 0 aliphatic heterocycles. The lowest BCUT2D eigenvalue weighted by molar-refractivity contribution is 0.0987. The van der Waals surface area contributed by atoms with E-state index >= 15 is 0 Å². The number of carbonyl (C=O) groups is 1. The summed E-state index contributed by atoms with van der Waals surface area (Å²) in [6.45, 7) is 4.19. The van der Waals surface area contributed by atoms with E-state index in [2.05, 4.69) is 16.7 Å². The first kappa shape index (κ1) is 22.1. The van der Waals surface area contributed by atoms with Gasteiger partial charge in [0.05, 0.1) is 43.2 Å². The Kier molecular flexibility index (Phi) is 6.74. The van der Waals surface area contributed by atoms with Gasteiger partial charge in [0, 0.05) is 12.6 Å². The van der Waals surface area contributed by atoms with Gasteiger partial charge < -0.3 is 4.74 Å². The van der Waals surface area contributed by atoms with Gasteiger partial charge in [0.2, 0.25) is 0 Å². The van der Waals surface area contributed by atoms with Gasteiger partial charge in [0.25, 0.3) is 0 Å². The molecule has 0 unspecified atom stereocenters. The van der Waals surface area contributed by atoms with Crippen molar-refractivity contribution in [1.82, 2.24) is 14.8 Å². The summed E-state index contributed by atoms with van der Waals surface area (Å²) in [7, 11) is 1.63. The minimum atomic E-state index is -0.645. The Morgan fingerprint density at radius 1 is 1.12 bits per heavy atom. The van der Waals surface area contributed by atoms with Gasteiger partial charge in [-0.2, -0.15) is 5.10 Å². The molecule has 5 nitrogen and oxygen atoms in total. The number of hydrogen-bond acceptors (Lipinski definition) is 4. The monoisotopic (exact) mass is 441 g/mol. The molecule has 166 valence electrons. The highest BCUT2D eigenvalue weighted by Gasteiger charge is 2.18. The molecule has 2 aromatic heterocycles. The molecular weight excluding hydrogens is 417 g/mol. The molecule has 0 aliphatic carbocycles. The Morgan fingerprint density at radius 3 is 2.58 bits per heavy atom. The first-order valence-corrected chi connectivity index (χ1v) is 10.6. The van der Waals surface area contributed by atoms with Gasteiger partial charge in [-0.05, 0) is 41.0 Å². The summed E-state index contributed by atoms with van der Waals surface area (Å²) in [5, 5.41) is 4.69. The zero-order chi connectivity index (χ0) is 23.2. The van der Waals surface area contributed by atoms with Crippen LogP contribution in [0, 0.1) is 5.82 Å². The van der Waals surface area contributed by atoms with Crippen LogP contribution < -0.4 is 4.74 Å². The molecule has 0 radical (unpaired) electrons. The number of nitrogens with zero attached hydrogens (tertiary/aromatic N) is 3. The van der Waals surface area contributed by atoms with Gasteiger partial charge in [-0.15, -0.1) is 0 Å². The van der Waals surface area contributed by atoms with Crippen LogP contribution in [0.15, 0.2) is 79.6 Å². The second-order valence-corrected chi connectivity index (χ2v) is 7.70. The van der Waals surface area contributed by atoms with E-state index in [1.54, 1.807) is 7.11 Å². The van der Waals surface area contributed by atoms with Crippen molar-refractivity contribution in [2.24, 2.45) is 0 Å². The van der Waals surface area contributed by atoms with E-state index < -0.39 is 5.82 Å². The maximum atomic E-state index is 14.3. The maximum absolute atomic E-state index is 14.3. The van der Waals surface area contributed by atoms with Crippen molar-refractivity contribution in [1.29, 1.82) is 0 Å². The lowest BCUT2D eigenvalue weighted by Crippen LogP contribution is -2.10. The SMILES string of the molecule is C=Cc1cc(C(=O)Cc2nn(Cc3ccc(OC)cc3)cc2Cc2ccccc2)c(F)cn1. The predicted molar refractivity (Wildman–Crippen MR) is 126 cm³/mol. The van der Waals surface area contributed by atoms with E-state index in [-0.39, 0.29) is 17.8 Å². The Bertz CT molecular complexity index is 1260. The highest BCUT2D eigenvalue weighted by molar-refractivity contribution is 5.98. The fourth-order valence-corrected chi connectivity index (χ4v) is 3.64. The number of benzene rings is 2. The molecule has 0 saturated heterocycles. The van der Waals surface area contributed by atoms with Crippen molar-refractivity contribution >= 4 is 11.9 Å². The molecule has 0 aliphatic rings. The van der Waals surface area contributed by atoms with Crippen LogP contribution in [0.5, 0.6) is 5.75 Å². The molecule has 33 heavy (non-hydrogen) atoms. The third-order valence-electron chi connectivity index (χ3n) is 5.38. The summed E-state index contributed by atoms with van der Waals surface area (Å²) in [6.07, 6.45) is 5.12. The van der Waals surface area contributed by atoms with Crippen LogP contribution in [-0.4, -0.2) is 27.7 Å². The molecule has 0 spiro atoms. The average molecular weight is 442 g/mol. The molecule has 4 aromatic rings. The number of halogens is 1. The number of ether oxygens (including phenoxy) is 1. The van der Waals surface area contributed by atoms with Gasteiger partial charge in [-0.1, -0.05) is 49.0 Å². The molecular formula is C27H24FN3O2. The fourth-order valence-electron chi connectivity index (χ4n) is 3.64. The van der Waals surface area contributed by atoms with Crippen LogP contribution >= 0.6 is 0 Å². The van der Waals surface area contributed by atoms with Gasteiger partial charge in [0.1, 0.15) is 5.75 Å². The van der Waals surface area contributed by atoms with Crippen LogP contribution in [0.1, 0.15) is 38.4 Å². The minimum Gasteiger partial charge on any atom is -0.497 e. The average Bonchev–Trinajstić information content (AvgIpc) is 3.20. The minimum absolute atomic E-state index is 0.00438. The second-order valence-electron chi connectivity index (χ2n) is 7.70. The first-order chi connectivity index (χ1) is 16.1. The largest absolute Gasteiger partial charge is 0.497 e. The zero-order valence-corrected chi connectivity index (χ0v) is 18.4. The first-order valence-electron chi connectivity index (χ1n) is 10.6. The van der Waals surface area contributed by atoms with Crippen LogP contribution in [0.3, 0.4) is 0 Å². The van der Waals surface area contributed by atoms with Crippen LogP contribution in [0.2, 0.25) is 0 Å². The number of aromatic nitrogens is 3. The Morgan fingerprint density at radius 2 is 1.88 bits per heavy atom. The van der Waals surface area contributed by atoms with E-state index in [1.807, 2.05) is 65.5 Å². The highest BCUT2D eigenvalue weighted by atomic mass is 19.1. The van der Waals surface area contributed by atoms with E-state index in [1.165, 1.54) is 12.1 Å². The van der Waals surface area contributed by atoms with Crippen molar-refractivity contribution in [2.75, 3.05) is 7.11 Å². The summed E-state index contributed by atoms with van der Waals surface area (Å²) in [4.78, 5) is 16.9. The van der Waals surface area contributed by atoms with Crippen molar-refractivity contribution in [3.8, 4) is 5.75 Å². The molecule has 0 N–H and O–H groups in total. The van der Waals surface area contributed by atoms with Crippen LogP contribution in [-0.2, 0) is 19.4 Å². The van der Waals surface area contributed by atoms with E-state index in [4.69, 9.17) is 4.74 Å². The topological polar surface area (TPSA) is 57.0 Å². The van der Waals surface area contributed by atoms with Gasteiger partial charge in [0.15, 0.2) is 11.6 Å². The van der Waals surface area contributed by atoms with E-state index in [9.17, 15) is 9.18 Å². The smallest absolute Gasteiger partial charge is 0.171 e. The second kappa shape index (κ2) is 10.0. The third-order valence-corrected chi connectivity index (χ3v) is 5.38. The van der Waals surface area contributed by atoms with Gasteiger partial charge in [-0.25, -0.2) is 4.39 Å². The molecule has 2 aromatic carbocycles. The highest BCUT2D eigenvalue weighted by Crippen LogP contribution is 2.19. The number of hydrogen-bond donors (Lipinski definition) is 0. The molecule has 2 heterocycles. The van der Waals surface area contributed by atoms with Crippen molar-refractivity contribution in [3.63, 3.8) is 0 Å². The quantitative estimate of drug-likeness (QED) is 0.338. The molecule has 0 bridgehead atoms. The van der Waals surface area contributed by atoms with Crippen molar-refractivity contribution in [2.45, 2.75) is 19.4 Å². The van der Waals surface area contributed by atoms with Crippen molar-refractivity contribution < 1.29 is 13.9 Å². The van der Waals surface area contributed by atoms with Crippen molar-refractivity contribution in [3.05, 3.63) is 119 Å². The van der Waals surface area contributed by atoms with Crippen LogP contribution in [0.4, 0.5) is 4.39 Å². The third kappa shape index (κ3) is 5.41. The Hall–Kier alpha value is -4.06. The molecule has 0 saturated carbocycles. The molecule has 0 fully saturated rings. The van der Waals surface area contributed by atoms with Gasteiger partial charge >= 0.3 is 0 Å². The lowest BCUT2D eigenvalue weighted by Gasteiger charge is -2.05. The molecule has 0 atom stereocenters. The standard InChI is InChI=1S/C27H24FN3O2/c1-3-22-14-24(25(28)16-29-22)27(32)15-26-21(13-19-7-5-4-6-8-19)18-31(30-26)17-20-9-11-23(33-2)12-10-20/h3-12,14,16,18H,1,13,15,17H2,2H3. The van der Waals surface area contributed by atoms with Gasteiger partial charge in [-0.3, -0.25) is 14.5 Å². The number of Topliss-reactive ketones (excluding diaryl/α,β-unsaturated/α-hetero) is 1. The molecule has 0 amide bonds. The van der Waals surface area contributed by atoms with Crippen LogP contribution in [0.25, 0.3) is 6.08 Å². The molecule has 6 heteroatoms.